The lowest BCUT2D eigenvalue weighted by molar-refractivity contribution is 0.514. The molecule has 0 atom stereocenters. The monoisotopic (exact) mass is 438 g/mol. The van der Waals surface area contributed by atoms with Gasteiger partial charge in [-0.05, 0) is 82.6 Å². The molecule has 0 unspecified atom stereocenters. The first-order chi connectivity index (χ1) is 13.8. The van der Waals surface area contributed by atoms with E-state index in [0.717, 1.165) is 24.0 Å². The van der Waals surface area contributed by atoms with Crippen molar-refractivity contribution in [3.05, 3.63) is 120 Å². The average molecular weight is 439 g/mol. The van der Waals surface area contributed by atoms with Crippen LogP contribution in [0.3, 0.4) is 0 Å². The SMILES string of the molecule is Cl.Cl.Fc1ccc2c(c1)C(Cc1ccncc1)(Cc1ccncc1)c1ccccc1-2. The van der Waals surface area contributed by atoms with Crippen molar-refractivity contribution in [3.8, 4) is 11.1 Å². The zero-order chi connectivity index (χ0) is 19.0. The predicted octanol–water partition coefficient (Wildman–Crippen LogP) is 6.21. The number of fused-ring (bicyclic) bond motifs is 3. The van der Waals surface area contributed by atoms with E-state index in [4.69, 9.17) is 0 Å². The highest BCUT2D eigenvalue weighted by Crippen LogP contribution is 2.52. The molecule has 1 aliphatic carbocycles. The number of aromatic nitrogens is 2. The van der Waals surface area contributed by atoms with E-state index in [1.54, 1.807) is 12.1 Å². The molecular formula is C25H21Cl2FN2. The molecule has 0 aliphatic heterocycles. The maximum absolute atomic E-state index is 14.4. The number of benzene rings is 2. The molecule has 4 aromatic rings. The third-order valence-corrected chi connectivity index (χ3v) is 5.74. The van der Waals surface area contributed by atoms with Gasteiger partial charge in [0.15, 0.2) is 0 Å². The average Bonchev–Trinajstić information content (AvgIpc) is 2.99. The van der Waals surface area contributed by atoms with E-state index in [2.05, 4.69) is 34.2 Å². The quantitative estimate of drug-likeness (QED) is 0.378. The van der Waals surface area contributed by atoms with E-state index >= 15 is 0 Å². The van der Waals surface area contributed by atoms with E-state index in [1.165, 1.54) is 22.3 Å². The molecule has 2 aromatic carbocycles. The lowest BCUT2D eigenvalue weighted by Gasteiger charge is -2.33. The van der Waals surface area contributed by atoms with Crippen LogP contribution in [0, 0.1) is 5.82 Å². The molecule has 1 aliphatic rings. The van der Waals surface area contributed by atoms with E-state index in [0.29, 0.717) is 0 Å². The molecule has 0 spiro atoms. The summed E-state index contributed by atoms with van der Waals surface area (Å²) >= 11 is 0. The Bertz CT molecular complexity index is 1090. The Balaban J connectivity index is 0.00000128. The fraction of sp³-hybridized carbons (Fsp3) is 0.120. The standard InChI is InChI=1S/C25H19FN2.2ClH/c26-20-5-6-22-21-3-1-2-4-23(21)25(24(22)15-20,16-18-7-11-27-12-8-18)17-19-9-13-28-14-10-19;;/h1-15H,16-17H2;2*1H. The summed E-state index contributed by atoms with van der Waals surface area (Å²) in [5.41, 5.74) is 6.68. The highest BCUT2D eigenvalue weighted by atomic mass is 35.5. The van der Waals surface area contributed by atoms with Gasteiger partial charge in [-0.2, -0.15) is 0 Å². The minimum absolute atomic E-state index is 0. The summed E-state index contributed by atoms with van der Waals surface area (Å²) in [6.45, 7) is 0. The van der Waals surface area contributed by atoms with Crippen molar-refractivity contribution in [3.63, 3.8) is 0 Å². The fourth-order valence-electron chi connectivity index (χ4n) is 4.57. The third kappa shape index (κ3) is 3.71. The second-order valence-corrected chi connectivity index (χ2v) is 7.38. The smallest absolute Gasteiger partial charge is 0.123 e. The first-order valence-corrected chi connectivity index (χ1v) is 9.44. The maximum atomic E-state index is 14.4. The summed E-state index contributed by atoms with van der Waals surface area (Å²) < 4.78 is 14.4. The van der Waals surface area contributed by atoms with Crippen LogP contribution < -0.4 is 0 Å². The van der Waals surface area contributed by atoms with Gasteiger partial charge in [0, 0.05) is 30.2 Å². The Hall–Kier alpha value is -2.75. The van der Waals surface area contributed by atoms with Crippen molar-refractivity contribution < 1.29 is 4.39 Å². The maximum Gasteiger partial charge on any atom is 0.123 e. The van der Waals surface area contributed by atoms with Gasteiger partial charge in [-0.25, -0.2) is 4.39 Å². The van der Waals surface area contributed by atoms with Crippen LogP contribution >= 0.6 is 24.8 Å². The Kier molecular flexibility index (Phi) is 6.55. The van der Waals surface area contributed by atoms with Gasteiger partial charge in [0.05, 0.1) is 0 Å². The van der Waals surface area contributed by atoms with Crippen molar-refractivity contribution in [2.75, 3.05) is 0 Å². The van der Waals surface area contributed by atoms with Crippen molar-refractivity contribution in [2.45, 2.75) is 18.3 Å². The molecule has 2 heterocycles. The molecule has 0 radical (unpaired) electrons. The number of hydrogen-bond donors (Lipinski definition) is 0. The molecule has 30 heavy (non-hydrogen) atoms. The molecule has 2 nitrogen and oxygen atoms in total. The topological polar surface area (TPSA) is 25.8 Å². The van der Waals surface area contributed by atoms with E-state index in [-0.39, 0.29) is 36.0 Å². The van der Waals surface area contributed by atoms with E-state index in [9.17, 15) is 4.39 Å². The predicted molar refractivity (Wildman–Crippen MR) is 123 cm³/mol. The zero-order valence-corrected chi connectivity index (χ0v) is 17.8. The number of hydrogen-bond acceptors (Lipinski definition) is 2. The number of rotatable bonds is 4. The largest absolute Gasteiger partial charge is 0.265 e. The van der Waals surface area contributed by atoms with Crippen molar-refractivity contribution >= 4 is 24.8 Å². The molecule has 0 fully saturated rings. The lowest BCUT2D eigenvalue weighted by atomic mass is 9.70. The molecule has 0 amide bonds. The molecule has 0 saturated heterocycles. The van der Waals surface area contributed by atoms with Gasteiger partial charge in [-0.15, -0.1) is 24.8 Å². The molecule has 0 saturated carbocycles. The summed E-state index contributed by atoms with van der Waals surface area (Å²) in [6.07, 6.45) is 8.86. The molecule has 5 rings (SSSR count). The van der Waals surface area contributed by atoms with Gasteiger partial charge in [0.25, 0.3) is 0 Å². The van der Waals surface area contributed by atoms with Crippen LogP contribution in [-0.2, 0) is 18.3 Å². The molecular weight excluding hydrogens is 418 g/mol. The summed E-state index contributed by atoms with van der Waals surface area (Å²) in [5, 5.41) is 0. The minimum atomic E-state index is -0.337. The highest BCUT2D eigenvalue weighted by molar-refractivity contribution is 5.85. The fourth-order valence-corrected chi connectivity index (χ4v) is 4.57. The summed E-state index contributed by atoms with van der Waals surface area (Å²) in [6, 6.07) is 21.9. The van der Waals surface area contributed by atoms with Crippen LogP contribution in [0.1, 0.15) is 22.3 Å². The second kappa shape index (κ2) is 8.95. The number of pyridine rings is 2. The van der Waals surface area contributed by atoms with Gasteiger partial charge in [0.1, 0.15) is 5.82 Å². The van der Waals surface area contributed by atoms with Gasteiger partial charge < -0.3 is 0 Å². The van der Waals surface area contributed by atoms with Gasteiger partial charge >= 0.3 is 0 Å². The summed E-state index contributed by atoms with van der Waals surface area (Å²) in [7, 11) is 0. The summed E-state index contributed by atoms with van der Waals surface area (Å²) in [5.74, 6) is -0.194. The third-order valence-electron chi connectivity index (χ3n) is 5.74. The molecule has 152 valence electrons. The van der Waals surface area contributed by atoms with Gasteiger partial charge in [-0.3, -0.25) is 9.97 Å². The Morgan fingerprint density at radius 1 is 0.633 bits per heavy atom. The summed E-state index contributed by atoms with van der Waals surface area (Å²) in [4.78, 5) is 8.32. The molecule has 0 N–H and O–H groups in total. The van der Waals surface area contributed by atoms with Crippen molar-refractivity contribution in [1.82, 2.24) is 9.97 Å². The normalized spacial score (nSPS) is 12.8. The van der Waals surface area contributed by atoms with Crippen LogP contribution in [0.4, 0.5) is 4.39 Å². The Labute approximate surface area is 188 Å². The van der Waals surface area contributed by atoms with E-state index in [1.807, 2.05) is 55.1 Å². The Morgan fingerprint density at radius 2 is 1.17 bits per heavy atom. The van der Waals surface area contributed by atoms with Gasteiger partial charge in [0.2, 0.25) is 0 Å². The molecule has 5 heteroatoms. The van der Waals surface area contributed by atoms with Crippen molar-refractivity contribution in [1.29, 1.82) is 0 Å². The second-order valence-electron chi connectivity index (χ2n) is 7.38. The van der Waals surface area contributed by atoms with Crippen LogP contribution in [0.2, 0.25) is 0 Å². The number of halogens is 3. The highest BCUT2D eigenvalue weighted by Gasteiger charge is 2.43. The van der Waals surface area contributed by atoms with Crippen LogP contribution in [0.5, 0.6) is 0 Å². The van der Waals surface area contributed by atoms with Crippen LogP contribution in [0.25, 0.3) is 11.1 Å². The molecule has 2 aromatic heterocycles. The van der Waals surface area contributed by atoms with Crippen LogP contribution in [0.15, 0.2) is 91.5 Å². The van der Waals surface area contributed by atoms with Crippen molar-refractivity contribution in [2.24, 2.45) is 0 Å². The zero-order valence-electron chi connectivity index (χ0n) is 16.2. The van der Waals surface area contributed by atoms with E-state index < -0.39 is 0 Å². The first-order valence-electron chi connectivity index (χ1n) is 9.44. The number of nitrogens with zero attached hydrogens (tertiary/aromatic N) is 2. The Morgan fingerprint density at radius 3 is 1.77 bits per heavy atom. The minimum Gasteiger partial charge on any atom is -0.265 e. The molecule has 0 bridgehead atoms. The van der Waals surface area contributed by atoms with Gasteiger partial charge in [-0.1, -0.05) is 30.3 Å². The van der Waals surface area contributed by atoms with Crippen LogP contribution in [-0.4, -0.2) is 9.97 Å². The lowest BCUT2D eigenvalue weighted by Crippen LogP contribution is -2.31. The first kappa shape index (κ1) is 21.9.